The van der Waals surface area contributed by atoms with Gasteiger partial charge in [0.25, 0.3) is 0 Å². The summed E-state index contributed by atoms with van der Waals surface area (Å²) < 4.78 is 9.23. The van der Waals surface area contributed by atoms with Crippen LogP contribution in [-0.4, -0.2) is 68.8 Å². The number of ether oxygens (including phenoxy) is 1. The summed E-state index contributed by atoms with van der Waals surface area (Å²) in [5.74, 6) is 0.688. The highest BCUT2D eigenvalue weighted by atomic mass is 16.5. The van der Waals surface area contributed by atoms with Gasteiger partial charge in [0.05, 0.1) is 30.2 Å². The molecule has 10 nitrogen and oxygen atoms in total. The van der Waals surface area contributed by atoms with Crippen LogP contribution in [0.4, 0.5) is 5.69 Å². The van der Waals surface area contributed by atoms with E-state index in [0.29, 0.717) is 12.0 Å². The average Bonchev–Trinajstić information content (AvgIpc) is 3.56. The summed E-state index contributed by atoms with van der Waals surface area (Å²) in [6.07, 6.45) is 15.8. The molecule has 3 aromatic heterocycles. The van der Waals surface area contributed by atoms with E-state index in [-0.39, 0.29) is 6.04 Å². The standard InChI is InChI=1S/C25H33N9O/c1-3-33-18-22(24(31-33)19-5-4-9-26-15-19)23-6-10-27-25(30-23)29-20-16-28-34(17-20)21-7-11-32(12-8-21)13-14-35-2/h4-6,9-10,15-18,21,23H,3,7-8,11-14H2,1-2H3,(H2,27,29,30). The smallest absolute Gasteiger partial charge is 0.200 e. The third-order valence-electron chi connectivity index (χ3n) is 6.54. The van der Waals surface area contributed by atoms with Crippen LogP contribution in [0.3, 0.4) is 0 Å². The minimum atomic E-state index is -0.152. The van der Waals surface area contributed by atoms with E-state index in [2.05, 4.69) is 49.6 Å². The zero-order valence-corrected chi connectivity index (χ0v) is 20.3. The fourth-order valence-corrected chi connectivity index (χ4v) is 4.59. The quantitative estimate of drug-likeness (QED) is 0.517. The van der Waals surface area contributed by atoms with Crippen LogP contribution in [0.2, 0.25) is 0 Å². The largest absolute Gasteiger partial charge is 0.383 e. The first-order valence-electron chi connectivity index (χ1n) is 12.2. The number of nitrogens with one attached hydrogen (secondary N) is 2. The van der Waals surface area contributed by atoms with E-state index in [1.54, 1.807) is 13.3 Å². The fraction of sp³-hybridized carbons (Fsp3) is 0.440. The predicted octanol–water partition coefficient (Wildman–Crippen LogP) is 3.07. The molecule has 0 amide bonds. The summed E-state index contributed by atoms with van der Waals surface area (Å²) in [4.78, 5) is 11.6. The second kappa shape index (κ2) is 10.8. The number of likely N-dealkylation sites (tertiary alicyclic amines) is 1. The molecule has 3 aromatic rings. The molecule has 0 saturated carbocycles. The Morgan fingerprint density at radius 3 is 2.86 bits per heavy atom. The minimum absolute atomic E-state index is 0.152. The van der Waals surface area contributed by atoms with Crippen molar-refractivity contribution in [3.63, 3.8) is 0 Å². The minimum Gasteiger partial charge on any atom is -0.383 e. The van der Waals surface area contributed by atoms with Crippen LogP contribution in [0.5, 0.6) is 0 Å². The Morgan fingerprint density at radius 1 is 1.20 bits per heavy atom. The van der Waals surface area contributed by atoms with Crippen LogP contribution in [0, 0.1) is 0 Å². The Hall–Kier alpha value is -3.50. The number of rotatable bonds is 8. The molecule has 0 aromatic carbocycles. The summed E-state index contributed by atoms with van der Waals surface area (Å²) >= 11 is 0. The Bertz CT molecular complexity index is 1160. The topological polar surface area (TPSA) is 97.4 Å². The third-order valence-corrected chi connectivity index (χ3v) is 6.54. The lowest BCUT2D eigenvalue weighted by atomic mass is 10.0. The first kappa shape index (κ1) is 23.3. The molecule has 1 saturated heterocycles. The number of methoxy groups -OCH3 is 1. The van der Waals surface area contributed by atoms with Gasteiger partial charge in [-0.1, -0.05) is 0 Å². The summed E-state index contributed by atoms with van der Waals surface area (Å²) in [5.41, 5.74) is 3.86. The maximum Gasteiger partial charge on any atom is 0.200 e. The van der Waals surface area contributed by atoms with Crippen LogP contribution in [0.25, 0.3) is 11.3 Å². The number of hydrogen-bond acceptors (Lipinski definition) is 8. The molecule has 1 fully saturated rings. The summed E-state index contributed by atoms with van der Waals surface area (Å²) in [6.45, 7) is 6.80. The number of aliphatic imine (C=N–C) groups is 1. The molecule has 0 radical (unpaired) electrons. The molecule has 2 aliphatic rings. The van der Waals surface area contributed by atoms with Crippen LogP contribution in [0.1, 0.15) is 37.4 Å². The van der Waals surface area contributed by atoms with Crippen molar-refractivity contribution in [2.24, 2.45) is 4.99 Å². The highest BCUT2D eigenvalue weighted by Gasteiger charge is 2.23. The number of aromatic nitrogens is 5. The molecule has 1 unspecified atom stereocenters. The van der Waals surface area contributed by atoms with E-state index in [9.17, 15) is 0 Å². The molecular formula is C25H33N9O. The van der Waals surface area contributed by atoms with Gasteiger partial charge in [-0.3, -0.25) is 14.3 Å². The zero-order valence-electron chi connectivity index (χ0n) is 20.3. The van der Waals surface area contributed by atoms with E-state index in [4.69, 9.17) is 14.8 Å². The van der Waals surface area contributed by atoms with Gasteiger partial charge in [0.2, 0.25) is 5.96 Å². The van der Waals surface area contributed by atoms with Gasteiger partial charge in [-0.05, 0) is 38.0 Å². The highest BCUT2D eigenvalue weighted by molar-refractivity contribution is 5.94. The van der Waals surface area contributed by atoms with Crippen molar-refractivity contribution in [1.82, 2.24) is 34.8 Å². The van der Waals surface area contributed by atoms with Crippen molar-refractivity contribution in [2.75, 3.05) is 38.7 Å². The Balaban J connectivity index is 1.27. The molecule has 0 bridgehead atoms. The van der Waals surface area contributed by atoms with Crippen LogP contribution >= 0.6 is 0 Å². The van der Waals surface area contributed by atoms with Crippen LogP contribution in [0.15, 0.2) is 60.4 Å². The molecule has 5 heterocycles. The van der Waals surface area contributed by atoms with Crippen LogP contribution < -0.4 is 10.6 Å². The SMILES string of the molecule is CCn1cc(C2C=CNC(Nc3cnn(C4CCN(CCOC)CC4)c3)=N2)c(-c2cccnc2)n1. The molecule has 0 spiro atoms. The van der Waals surface area contributed by atoms with Gasteiger partial charge < -0.3 is 20.3 Å². The normalized spacial score (nSPS) is 18.9. The number of pyridine rings is 1. The summed E-state index contributed by atoms with van der Waals surface area (Å²) in [7, 11) is 1.76. The van der Waals surface area contributed by atoms with Crippen molar-refractivity contribution in [2.45, 2.75) is 38.4 Å². The van der Waals surface area contributed by atoms with Gasteiger partial charge in [0.15, 0.2) is 0 Å². The lowest BCUT2D eigenvalue weighted by Gasteiger charge is -2.31. The molecule has 2 aliphatic heterocycles. The molecular weight excluding hydrogens is 442 g/mol. The molecule has 10 heteroatoms. The Kier molecular flexibility index (Phi) is 7.20. The molecule has 5 rings (SSSR count). The highest BCUT2D eigenvalue weighted by Crippen LogP contribution is 2.31. The average molecular weight is 476 g/mol. The Labute approximate surface area is 205 Å². The van der Waals surface area contributed by atoms with Crippen LogP contribution in [-0.2, 0) is 11.3 Å². The first-order chi connectivity index (χ1) is 17.2. The third kappa shape index (κ3) is 5.44. The molecule has 184 valence electrons. The maximum atomic E-state index is 5.21. The molecule has 1 atom stereocenters. The summed E-state index contributed by atoms with van der Waals surface area (Å²) in [6, 6.07) is 4.23. The van der Waals surface area contributed by atoms with E-state index in [0.717, 1.165) is 68.1 Å². The second-order valence-corrected chi connectivity index (χ2v) is 8.86. The first-order valence-corrected chi connectivity index (χ1v) is 12.2. The van der Waals surface area contributed by atoms with Crippen molar-refractivity contribution in [3.8, 4) is 11.3 Å². The number of anilines is 1. The van der Waals surface area contributed by atoms with Gasteiger partial charge in [0, 0.05) is 75.4 Å². The molecule has 0 aliphatic carbocycles. The number of piperidine rings is 1. The number of aryl methyl sites for hydroxylation is 1. The maximum absolute atomic E-state index is 5.21. The van der Waals surface area contributed by atoms with E-state index >= 15 is 0 Å². The second-order valence-electron chi connectivity index (χ2n) is 8.86. The van der Waals surface area contributed by atoms with Crippen molar-refractivity contribution >= 4 is 11.6 Å². The van der Waals surface area contributed by atoms with E-state index in [1.807, 2.05) is 41.5 Å². The van der Waals surface area contributed by atoms with Gasteiger partial charge in [-0.2, -0.15) is 10.2 Å². The Morgan fingerprint density at radius 2 is 2.09 bits per heavy atom. The summed E-state index contributed by atoms with van der Waals surface area (Å²) in [5, 5.41) is 16.0. The van der Waals surface area contributed by atoms with Gasteiger partial charge in [-0.15, -0.1) is 0 Å². The van der Waals surface area contributed by atoms with Gasteiger partial charge >= 0.3 is 0 Å². The van der Waals surface area contributed by atoms with Gasteiger partial charge in [-0.25, -0.2) is 4.99 Å². The lowest BCUT2D eigenvalue weighted by molar-refractivity contribution is 0.119. The zero-order chi connectivity index (χ0) is 24.0. The lowest BCUT2D eigenvalue weighted by Crippen LogP contribution is -2.36. The van der Waals surface area contributed by atoms with Crippen molar-refractivity contribution in [1.29, 1.82) is 0 Å². The van der Waals surface area contributed by atoms with E-state index < -0.39 is 0 Å². The number of nitrogens with zero attached hydrogens (tertiary/aromatic N) is 7. The fourth-order valence-electron chi connectivity index (χ4n) is 4.59. The van der Waals surface area contributed by atoms with Crippen molar-refractivity contribution in [3.05, 3.63) is 61.0 Å². The number of guanidine groups is 1. The van der Waals surface area contributed by atoms with Crippen molar-refractivity contribution < 1.29 is 4.74 Å². The number of hydrogen-bond donors (Lipinski definition) is 2. The monoisotopic (exact) mass is 475 g/mol. The predicted molar refractivity (Wildman–Crippen MR) is 136 cm³/mol. The van der Waals surface area contributed by atoms with Gasteiger partial charge in [0.1, 0.15) is 6.04 Å². The van der Waals surface area contributed by atoms with E-state index in [1.165, 1.54) is 0 Å². The molecule has 2 N–H and O–H groups in total. The molecule has 35 heavy (non-hydrogen) atoms.